The van der Waals surface area contributed by atoms with Gasteiger partial charge in [-0.2, -0.15) is 4.98 Å². The van der Waals surface area contributed by atoms with Gasteiger partial charge >= 0.3 is 0 Å². The van der Waals surface area contributed by atoms with Crippen LogP contribution in [-0.2, 0) is 0 Å². The fourth-order valence-electron chi connectivity index (χ4n) is 1.16. The van der Waals surface area contributed by atoms with Gasteiger partial charge in [-0.05, 0) is 22.0 Å². The second kappa shape index (κ2) is 5.26. The van der Waals surface area contributed by atoms with Gasteiger partial charge in [0, 0.05) is 12.1 Å². The lowest BCUT2D eigenvalue weighted by Crippen LogP contribution is -1.97. The maximum atomic E-state index is 13.3. The molecule has 1 aromatic heterocycles. The Morgan fingerprint density at radius 3 is 2.61 bits per heavy atom. The molecule has 2 aromatic rings. The lowest BCUT2D eigenvalue weighted by atomic mass is 10.3. The molecule has 0 aliphatic carbocycles. The summed E-state index contributed by atoms with van der Waals surface area (Å²) in [5, 5.41) is 0.109. The van der Waals surface area contributed by atoms with Crippen molar-refractivity contribution in [2.75, 3.05) is 5.73 Å². The van der Waals surface area contributed by atoms with Crippen molar-refractivity contribution in [3.8, 4) is 11.6 Å². The molecule has 4 nitrogen and oxygen atoms in total. The van der Waals surface area contributed by atoms with E-state index >= 15 is 0 Å². The molecular formula is C10H5BrCl2FN3O. The lowest BCUT2D eigenvalue weighted by Gasteiger charge is -2.08. The number of hydrogen-bond acceptors (Lipinski definition) is 4. The zero-order chi connectivity index (χ0) is 13.3. The Morgan fingerprint density at radius 2 is 1.94 bits per heavy atom. The van der Waals surface area contributed by atoms with Gasteiger partial charge in [0.2, 0.25) is 11.8 Å². The first-order chi connectivity index (χ1) is 8.45. The van der Waals surface area contributed by atoms with Crippen LogP contribution in [0.15, 0.2) is 22.7 Å². The molecule has 1 aromatic carbocycles. The number of nitrogens with zero attached hydrogens (tertiary/aromatic N) is 2. The Labute approximate surface area is 120 Å². The third-order valence-electron chi connectivity index (χ3n) is 1.88. The topological polar surface area (TPSA) is 61.0 Å². The third kappa shape index (κ3) is 3.01. The van der Waals surface area contributed by atoms with Gasteiger partial charge in [-0.25, -0.2) is 9.37 Å². The first kappa shape index (κ1) is 13.3. The van der Waals surface area contributed by atoms with Gasteiger partial charge in [0.1, 0.15) is 16.7 Å². The zero-order valence-electron chi connectivity index (χ0n) is 8.62. The summed E-state index contributed by atoms with van der Waals surface area (Å²) < 4.78 is 19.1. The summed E-state index contributed by atoms with van der Waals surface area (Å²) in [7, 11) is 0. The van der Waals surface area contributed by atoms with Crippen molar-refractivity contribution in [3.63, 3.8) is 0 Å². The van der Waals surface area contributed by atoms with Crippen molar-refractivity contribution in [1.29, 1.82) is 0 Å². The smallest absolute Gasteiger partial charge is 0.225 e. The lowest BCUT2D eigenvalue weighted by molar-refractivity contribution is 0.455. The number of nitrogen functional groups attached to an aromatic ring is 1. The first-order valence-electron chi connectivity index (χ1n) is 4.58. The Bertz CT molecular complexity index is 592. The molecule has 0 saturated heterocycles. The monoisotopic (exact) mass is 351 g/mol. The Morgan fingerprint density at radius 1 is 1.22 bits per heavy atom. The summed E-state index contributed by atoms with van der Waals surface area (Å²) >= 11 is 14.5. The normalized spacial score (nSPS) is 10.4. The number of halogens is 4. The van der Waals surface area contributed by atoms with Gasteiger partial charge < -0.3 is 10.5 Å². The van der Waals surface area contributed by atoms with Crippen molar-refractivity contribution in [1.82, 2.24) is 9.97 Å². The molecule has 0 unspecified atom stereocenters. The van der Waals surface area contributed by atoms with Crippen LogP contribution >= 0.6 is 39.1 Å². The summed E-state index contributed by atoms with van der Waals surface area (Å²) in [5.74, 6) is -0.341. The molecule has 0 saturated carbocycles. The summed E-state index contributed by atoms with van der Waals surface area (Å²) in [6.45, 7) is 0. The van der Waals surface area contributed by atoms with E-state index in [1.807, 2.05) is 0 Å². The van der Waals surface area contributed by atoms with E-state index < -0.39 is 5.82 Å². The fourth-order valence-corrected chi connectivity index (χ4v) is 2.06. The molecule has 0 spiro atoms. The molecule has 2 rings (SSSR count). The Balaban J connectivity index is 2.36. The molecule has 0 aliphatic rings. The van der Waals surface area contributed by atoms with Crippen LogP contribution in [0.3, 0.4) is 0 Å². The largest absolute Gasteiger partial charge is 0.438 e. The molecule has 0 aliphatic heterocycles. The van der Waals surface area contributed by atoms with E-state index in [1.165, 1.54) is 12.1 Å². The average molecular weight is 353 g/mol. The van der Waals surface area contributed by atoms with Crippen molar-refractivity contribution in [2.24, 2.45) is 0 Å². The minimum absolute atomic E-state index is 0.0190. The highest BCUT2D eigenvalue weighted by atomic mass is 79.9. The first-order valence-corrected chi connectivity index (χ1v) is 6.13. The number of aromatic nitrogens is 2. The number of rotatable bonds is 2. The van der Waals surface area contributed by atoms with Gasteiger partial charge in [-0.15, -0.1) is 0 Å². The van der Waals surface area contributed by atoms with Crippen molar-refractivity contribution >= 4 is 45.1 Å². The fraction of sp³-hybridized carbons (Fsp3) is 0. The second-order valence-electron chi connectivity index (χ2n) is 3.19. The summed E-state index contributed by atoms with van der Waals surface area (Å²) in [6.07, 6.45) is 0. The van der Waals surface area contributed by atoms with E-state index in [9.17, 15) is 4.39 Å². The minimum Gasteiger partial charge on any atom is -0.438 e. The van der Waals surface area contributed by atoms with Crippen LogP contribution < -0.4 is 10.5 Å². The van der Waals surface area contributed by atoms with E-state index in [1.54, 1.807) is 0 Å². The molecule has 0 amide bonds. The maximum absolute atomic E-state index is 13.3. The minimum atomic E-state index is -0.608. The number of anilines is 1. The van der Waals surface area contributed by atoms with Gasteiger partial charge in [-0.1, -0.05) is 23.2 Å². The number of nitrogens with two attached hydrogens (primary N) is 1. The molecular weight excluding hydrogens is 348 g/mol. The van der Waals surface area contributed by atoms with Crippen molar-refractivity contribution < 1.29 is 9.13 Å². The van der Waals surface area contributed by atoms with Crippen LogP contribution in [-0.4, -0.2) is 9.97 Å². The molecule has 94 valence electrons. The SMILES string of the molecule is Nc1nc(Cl)cc(Oc2cc(F)c(Cl)cc2Br)n1. The molecule has 2 N–H and O–H groups in total. The standard InChI is InChI=1S/C10H5BrCl2FN3O/c11-4-1-5(12)6(14)2-7(4)18-9-3-8(13)16-10(15)17-9/h1-3H,(H2,15,16,17). The molecule has 0 fully saturated rings. The summed E-state index contributed by atoms with van der Waals surface area (Å²) in [4.78, 5) is 7.48. The Kier molecular flexibility index (Phi) is 3.89. The average Bonchev–Trinajstić information content (AvgIpc) is 2.24. The zero-order valence-corrected chi connectivity index (χ0v) is 11.7. The molecule has 8 heteroatoms. The van der Waals surface area contributed by atoms with Gasteiger partial charge in [-0.3, -0.25) is 0 Å². The van der Waals surface area contributed by atoms with E-state index in [2.05, 4.69) is 25.9 Å². The molecule has 0 bridgehead atoms. The van der Waals surface area contributed by atoms with Gasteiger partial charge in [0.15, 0.2) is 0 Å². The van der Waals surface area contributed by atoms with Crippen molar-refractivity contribution in [3.05, 3.63) is 38.7 Å². The van der Waals surface area contributed by atoms with Gasteiger partial charge in [0.25, 0.3) is 0 Å². The third-order valence-corrected chi connectivity index (χ3v) is 2.98. The van der Waals surface area contributed by atoms with Crippen LogP contribution in [0.2, 0.25) is 10.2 Å². The van der Waals surface area contributed by atoms with Crippen molar-refractivity contribution in [2.45, 2.75) is 0 Å². The number of ether oxygens (including phenoxy) is 1. The van der Waals surface area contributed by atoms with E-state index in [0.717, 1.165) is 6.07 Å². The predicted octanol–water partition coefficient (Wildman–Crippen LogP) is 4.06. The molecule has 0 radical (unpaired) electrons. The number of hydrogen-bond donors (Lipinski definition) is 1. The van der Waals surface area contributed by atoms with Crippen LogP contribution in [0.5, 0.6) is 11.6 Å². The molecule has 18 heavy (non-hydrogen) atoms. The van der Waals surface area contributed by atoms with E-state index in [-0.39, 0.29) is 27.8 Å². The molecule has 1 heterocycles. The number of benzene rings is 1. The predicted molar refractivity (Wildman–Crippen MR) is 70.6 cm³/mol. The Hall–Kier alpha value is -1.11. The highest BCUT2D eigenvalue weighted by molar-refractivity contribution is 9.10. The van der Waals surface area contributed by atoms with Crippen LogP contribution in [0, 0.1) is 5.82 Å². The van der Waals surface area contributed by atoms with Gasteiger partial charge in [0.05, 0.1) is 9.50 Å². The van der Waals surface area contributed by atoms with Crippen LogP contribution in [0.4, 0.5) is 10.3 Å². The van der Waals surface area contributed by atoms with Crippen LogP contribution in [0.25, 0.3) is 0 Å². The summed E-state index contributed by atoms with van der Waals surface area (Å²) in [5.41, 5.74) is 5.41. The van der Waals surface area contributed by atoms with E-state index in [0.29, 0.717) is 4.47 Å². The van der Waals surface area contributed by atoms with Crippen LogP contribution in [0.1, 0.15) is 0 Å². The molecule has 0 atom stereocenters. The van der Waals surface area contributed by atoms with E-state index in [4.69, 9.17) is 33.7 Å². The highest BCUT2D eigenvalue weighted by Crippen LogP contribution is 2.33. The highest BCUT2D eigenvalue weighted by Gasteiger charge is 2.10. The summed E-state index contributed by atoms with van der Waals surface area (Å²) in [6, 6.07) is 3.86. The maximum Gasteiger partial charge on any atom is 0.225 e. The quantitative estimate of drug-likeness (QED) is 0.654. The second-order valence-corrected chi connectivity index (χ2v) is 4.83.